The molecule has 1 aromatic heterocycles. The van der Waals surface area contributed by atoms with Gasteiger partial charge in [0.05, 0.1) is 12.1 Å². The normalized spacial score (nSPS) is 19.5. The number of rotatable bonds is 3. The molecular formula is C21H23F3N2O5. The highest BCUT2D eigenvalue weighted by molar-refractivity contribution is 5.86. The van der Waals surface area contributed by atoms with E-state index in [-0.39, 0.29) is 24.2 Å². The second-order valence-corrected chi connectivity index (χ2v) is 8.49. The summed E-state index contributed by atoms with van der Waals surface area (Å²) in [6.07, 6.45) is -6.43. The molecule has 1 N–H and O–H groups in total. The molecule has 1 aliphatic rings. The zero-order valence-electron chi connectivity index (χ0n) is 17.5. The molecule has 3 rings (SSSR count). The lowest BCUT2D eigenvalue weighted by Gasteiger charge is -2.26. The first-order valence-electron chi connectivity index (χ1n) is 9.62. The number of nitrogens with zero attached hydrogens (tertiary/aromatic N) is 2. The third-order valence-electron chi connectivity index (χ3n) is 4.69. The van der Waals surface area contributed by atoms with Crippen LogP contribution >= 0.6 is 0 Å². The molecule has 10 heteroatoms. The first kappa shape index (κ1) is 22.6. The number of carboxylic acid groups (broad SMARTS) is 1. The minimum atomic E-state index is -4.68. The van der Waals surface area contributed by atoms with Gasteiger partial charge in [-0.05, 0) is 39.8 Å². The number of hydrogen-bond acceptors (Lipinski definition) is 5. The fourth-order valence-corrected chi connectivity index (χ4v) is 3.37. The zero-order chi connectivity index (χ0) is 23.1. The van der Waals surface area contributed by atoms with Gasteiger partial charge < -0.3 is 14.6 Å². The van der Waals surface area contributed by atoms with Crippen LogP contribution in [0.5, 0.6) is 5.75 Å². The molecule has 0 aliphatic carbocycles. The van der Waals surface area contributed by atoms with E-state index in [1.807, 2.05) is 0 Å². The molecule has 2 heterocycles. The maximum absolute atomic E-state index is 13.3. The smallest absolute Gasteiger partial charge is 0.433 e. The van der Waals surface area contributed by atoms with Gasteiger partial charge in [0.15, 0.2) is 0 Å². The number of aliphatic carboxylic acids is 1. The van der Waals surface area contributed by atoms with Crippen molar-refractivity contribution in [2.75, 3.05) is 6.54 Å². The summed E-state index contributed by atoms with van der Waals surface area (Å²) in [6, 6.07) is 4.34. The summed E-state index contributed by atoms with van der Waals surface area (Å²) >= 11 is 0. The number of halogens is 3. The van der Waals surface area contributed by atoms with Crippen molar-refractivity contribution >= 4 is 23.0 Å². The Labute approximate surface area is 176 Å². The number of carboxylic acids is 1. The number of carbonyl (C=O) groups excluding carboxylic acids is 1. The predicted octanol–water partition coefficient (Wildman–Crippen LogP) is 4.40. The van der Waals surface area contributed by atoms with E-state index in [4.69, 9.17) is 9.47 Å². The summed E-state index contributed by atoms with van der Waals surface area (Å²) in [7, 11) is 0. The van der Waals surface area contributed by atoms with Gasteiger partial charge in [-0.1, -0.05) is 11.6 Å². The van der Waals surface area contributed by atoms with Crippen molar-refractivity contribution in [3.63, 3.8) is 0 Å². The van der Waals surface area contributed by atoms with Crippen molar-refractivity contribution in [2.45, 2.75) is 58.0 Å². The molecule has 2 aromatic rings. The van der Waals surface area contributed by atoms with Gasteiger partial charge in [0.2, 0.25) is 0 Å². The van der Waals surface area contributed by atoms with Gasteiger partial charge in [-0.25, -0.2) is 14.6 Å². The van der Waals surface area contributed by atoms with Crippen LogP contribution in [0, 0.1) is 6.92 Å². The summed E-state index contributed by atoms with van der Waals surface area (Å²) in [4.78, 5) is 28.8. The number of benzene rings is 1. The Balaban J connectivity index is 1.93. The monoisotopic (exact) mass is 440 g/mol. The van der Waals surface area contributed by atoms with Crippen LogP contribution in [-0.4, -0.2) is 51.3 Å². The minimum absolute atomic E-state index is 0.0683. The average molecular weight is 440 g/mol. The van der Waals surface area contributed by atoms with E-state index >= 15 is 0 Å². The van der Waals surface area contributed by atoms with Crippen molar-refractivity contribution in [2.24, 2.45) is 0 Å². The first-order chi connectivity index (χ1) is 14.2. The summed E-state index contributed by atoms with van der Waals surface area (Å²) in [6.45, 7) is 6.59. The van der Waals surface area contributed by atoms with Gasteiger partial charge in [-0.2, -0.15) is 13.2 Å². The maximum Gasteiger partial charge on any atom is 0.433 e. The SMILES string of the molecule is Cc1ccc2nc(C(F)(F)F)cc(O[C@@H]3CC(C(=O)O)N(C(=O)OC(C)(C)C)C3)c2c1. The number of alkyl halides is 3. The zero-order valence-corrected chi connectivity index (χ0v) is 17.5. The molecule has 1 amide bonds. The van der Waals surface area contributed by atoms with E-state index in [0.717, 1.165) is 16.5 Å². The molecule has 0 spiro atoms. The van der Waals surface area contributed by atoms with E-state index in [1.165, 1.54) is 6.07 Å². The van der Waals surface area contributed by atoms with Gasteiger partial charge in [0, 0.05) is 17.9 Å². The number of hydrogen-bond donors (Lipinski definition) is 1. The Morgan fingerprint density at radius 2 is 1.87 bits per heavy atom. The molecule has 0 bridgehead atoms. The van der Waals surface area contributed by atoms with E-state index < -0.39 is 41.7 Å². The fraction of sp³-hybridized carbons (Fsp3) is 0.476. The number of likely N-dealkylation sites (tertiary alicyclic amines) is 1. The molecule has 31 heavy (non-hydrogen) atoms. The van der Waals surface area contributed by atoms with Gasteiger partial charge >= 0.3 is 18.2 Å². The molecule has 1 aromatic carbocycles. The Morgan fingerprint density at radius 1 is 1.19 bits per heavy atom. The third kappa shape index (κ3) is 5.18. The molecule has 1 saturated heterocycles. The van der Waals surface area contributed by atoms with Crippen LogP contribution in [0.4, 0.5) is 18.0 Å². The lowest BCUT2D eigenvalue weighted by Crippen LogP contribution is -2.43. The summed E-state index contributed by atoms with van der Waals surface area (Å²) < 4.78 is 51.0. The largest absolute Gasteiger partial charge is 0.488 e. The topological polar surface area (TPSA) is 89.0 Å². The number of amides is 1. The Hall–Kier alpha value is -3.04. The van der Waals surface area contributed by atoms with Crippen LogP contribution in [-0.2, 0) is 15.7 Å². The van der Waals surface area contributed by atoms with Gasteiger partial charge in [0.25, 0.3) is 0 Å². The highest BCUT2D eigenvalue weighted by Gasteiger charge is 2.43. The standard InChI is InChI=1S/C21H23F3N2O5/c1-11-5-6-14-13(7-11)16(9-17(25-14)21(22,23)24)30-12-8-15(18(27)28)26(10-12)19(29)31-20(2,3)4/h5-7,9,12,15H,8,10H2,1-4H3,(H,27,28)/t12-,15?/m1/s1. The van der Waals surface area contributed by atoms with Gasteiger partial charge in [0.1, 0.15) is 29.2 Å². The second kappa shape index (κ2) is 7.90. The van der Waals surface area contributed by atoms with E-state index in [1.54, 1.807) is 39.8 Å². The molecule has 168 valence electrons. The van der Waals surface area contributed by atoms with Crippen molar-refractivity contribution in [3.05, 3.63) is 35.5 Å². The van der Waals surface area contributed by atoms with Crippen LogP contribution < -0.4 is 4.74 Å². The summed E-state index contributed by atoms with van der Waals surface area (Å²) in [5.74, 6) is -1.32. The second-order valence-electron chi connectivity index (χ2n) is 8.49. The van der Waals surface area contributed by atoms with E-state index in [9.17, 15) is 27.9 Å². The number of fused-ring (bicyclic) bond motifs is 1. The average Bonchev–Trinajstić information content (AvgIpc) is 3.04. The Bertz CT molecular complexity index is 1020. The molecule has 0 radical (unpaired) electrons. The lowest BCUT2D eigenvalue weighted by molar-refractivity contribution is -0.142. The van der Waals surface area contributed by atoms with Gasteiger partial charge in [-0.3, -0.25) is 4.90 Å². The quantitative estimate of drug-likeness (QED) is 0.761. The summed E-state index contributed by atoms with van der Waals surface area (Å²) in [5, 5.41) is 9.88. The number of aryl methyl sites for hydroxylation is 1. The van der Waals surface area contributed by atoms with Crippen LogP contribution in [0.15, 0.2) is 24.3 Å². The van der Waals surface area contributed by atoms with Crippen LogP contribution in [0.1, 0.15) is 38.4 Å². The third-order valence-corrected chi connectivity index (χ3v) is 4.69. The van der Waals surface area contributed by atoms with Gasteiger partial charge in [-0.15, -0.1) is 0 Å². The Kier molecular flexibility index (Phi) is 5.77. The van der Waals surface area contributed by atoms with Crippen molar-refractivity contribution in [1.29, 1.82) is 0 Å². The molecule has 7 nitrogen and oxygen atoms in total. The van der Waals surface area contributed by atoms with Crippen molar-refractivity contribution in [3.8, 4) is 5.75 Å². The maximum atomic E-state index is 13.3. The van der Waals surface area contributed by atoms with E-state index in [2.05, 4.69) is 4.98 Å². The van der Waals surface area contributed by atoms with Crippen LogP contribution in [0.3, 0.4) is 0 Å². The lowest BCUT2D eigenvalue weighted by atomic mass is 10.1. The minimum Gasteiger partial charge on any atom is -0.488 e. The molecular weight excluding hydrogens is 417 g/mol. The summed E-state index contributed by atoms with van der Waals surface area (Å²) in [5.41, 5.74) is -1.05. The molecule has 1 fully saturated rings. The molecule has 1 unspecified atom stereocenters. The molecule has 1 aliphatic heterocycles. The van der Waals surface area contributed by atoms with Crippen molar-refractivity contribution < 1.29 is 37.3 Å². The van der Waals surface area contributed by atoms with Crippen molar-refractivity contribution in [1.82, 2.24) is 9.88 Å². The number of pyridine rings is 1. The highest BCUT2D eigenvalue weighted by Crippen LogP contribution is 2.36. The predicted molar refractivity (Wildman–Crippen MR) is 105 cm³/mol. The number of aromatic nitrogens is 1. The molecule has 2 atom stereocenters. The first-order valence-corrected chi connectivity index (χ1v) is 9.62. The Morgan fingerprint density at radius 3 is 2.45 bits per heavy atom. The van der Waals surface area contributed by atoms with Crippen LogP contribution in [0.25, 0.3) is 10.9 Å². The number of ether oxygens (including phenoxy) is 2. The highest BCUT2D eigenvalue weighted by atomic mass is 19.4. The molecule has 0 saturated carbocycles. The fourth-order valence-electron chi connectivity index (χ4n) is 3.37. The number of carbonyl (C=O) groups is 2. The van der Waals surface area contributed by atoms with E-state index in [0.29, 0.717) is 5.39 Å². The van der Waals surface area contributed by atoms with Crippen LogP contribution in [0.2, 0.25) is 0 Å².